The van der Waals surface area contributed by atoms with Crippen molar-refractivity contribution in [2.24, 2.45) is 0 Å². The van der Waals surface area contributed by atoms with Crippen molar-refractivity contribution in [1.29, 1.82) is 0 Å². The van der Waals surface area contributed by atoms with Crippen LogP contribution in [-0.2, 0) is 6.18 Å². The third-order valence-corrected chi connectivity index (χ3v) is 5.02. The van der Waals surface area contributed by atoms with Crippen LogP contribution in [0.5, 0.6) is 17.2 Å². The lowest BCUT2D eigenvalue weighted by Crippen LogP contribution is -2.16. The number of hydrogen-bond donors (Lipinski definition) is 0. The van der Waals surface area contributed by atoms with Crippen molar-refractivity contribution in [3.63, 3.8) is 0 Å². The van der Waals surface area contributed by atoms with Crippen LogP contribution in [0.4, 0.5) is 13.2 Å². The summed E-state index contributed by atoms with van der Waals surface area (Å²) in [5.41, 5.74) is -1.66. The molecule has 34 heavy (non-hydrogen) atoms. The van der Waals surface area contributed by atoms with Crippen LogP contribution in [-0.4, -0.2) is 20.2 Å². The lowest BCUT2D eigenvalue weighted by molar-refractivity contribution is -0.152. The van der Waals surface area contributed by atoms with Crippen molar-refractivity contribution in [2.75, 3.05) is 14.2 Å². The van der Waals surface area contributed by atoms with E-state index in [-0.39, 0.29) is 27.8 Å². The molecule has 4 rings (SSSR count). The fourth-order valence-electron chi connectivity index (χ4n) is 3.37. The minimum Gasteiger partial charge on any atom is -0.497 e. The molecule has 1 aromatic heterocycles. The van der Waals surface area contributed by atoms with Gasteiger partial charge in [0.2, 0.25) is 11.2 Å². The molecule has 3 aromatic carbocycles. The maximum Gasteiger partial charge on any atom is 0.450 e. The first-order valence-electron chi connectivity index (χ1n) is 9.90. The van der Waals surface area contributed by atoms with Gasteiger partial charge in [-0.05, 0) is 48.0 Å². The van der Waals surface area contributed by atoms with Crippen LogP contribution in [0.25, 0.3) is 22.1 Å². The molecule has 0 amide bonds. The Hall–Kier alpha value is -4.27. The van der Waals surface area contributed by atoms with Gasteiger partial charge in [-0.3, -0.25) is 4.79 Å². The van der Waals surface area contributed by atoms with Crippen molar-refractivity contribution in [3.8, 4) is 28.4 Å². The largest absolute Gasteiger partial charge is 0.497 e. The second-order valence-corrected chi connectivity index (χ2v) is 7.14. The van der Waals surface area contributed by atoms with E-state index < -0.39 is 28.9 Å². The molecule has 0 N–H and O–H groups in total. The predicted octanol–water partition coefficient (Wildman–Crippen LogP) is 5.72. The molecule has 0 aliphatic carbocycles. The molecule has 0 spiro atoms. The SMILES string of the molecule is COc1ccc(-c2c(C(F)(F)F)oc3cc(OC(=O)c4cccc(OC)c4)ccc3c2=O)cc1. The summed E-state index contributed by atoms with van der Waals surface area (Å²) in [7, 11) is 2.85. The van der Waals surface area contributed by atoms with Crippen molar-refractivity contribution < 1.29 is 36.6 Å². The van der Waals surface area contributed by atoms with Gasteiger partial charge in [-0.25, -0.2) is 4.79 Å². The van der Waals surface area contributed by atoms with E-state index in [0.29, 0.717) is 11.5 Å². The van der Waals surface area contributed by atoms with E-state index in [2.05, 4.69) is 0 Å². The van der Waals surface area contributed by atoms with E-state index in [1.807, 2.05) is 0 Å². The maximum absolute atomic E-state index is 13.8. The predicted molar refractivity (Wildman–Crippen MR) is 117 cm³/mol. The van der Waals surface area contributed by atoms with Gasteiger partial charge in [-0.15, -0.1) is 0 Å². The lowest BCUT2D eigenvalue weighted by atomic mass is 10.0. The van der Waals surface area contributed by atoms with Crippen molar-refractivity contribution in [3.05, 3.63) is 88.3 Å². The number of rotatable bonds is 5. The number of methoxy groups -OCH3 is 2. The molecule has 0 bridgehead atoms. The Balaban J connectivity index is 1.78. The smallest absolute Gasteiger partial charge is 0.450 e. The summed E-state index contributed by atoms with van der Waals surface area (Å²) in [6.07, 6.45) is -4.95. The lowest BCUT2D eigenvalue weighted by Gasteiger charge is -2.13. The van der Waals surface area contributed by atoms with Crippen LogP contribution in [0.1, 0.15) is 16.1 Å². The van der Waals surface area contributed by atoms with E-state index in [4.69, 9.17) is 18.6 Å². The zero-order valence-electron chi connectivity index (χ0n) is 17.9. The van der Waals surface area contributed by atoms with Gasteiger partial charge in [-0.2, -0.15) is 13.2 Å². The van der Waals surface area contributed by atoms with Crippen LogP contribution >= 0.6 is 0 Å². The molecular formula is C25H17F3O6. The fourth-order valence-corrected chi connectivity index (χ4v) is 3.37. The summed E-state index contributed by atoms with van der Waals surface area (Å²) < 4.78 is 62.0. The van der Waals surface area contributed by atoms with Gasteiger partial charge in [0, 0.05) is 6.07 Å². The van der Waals surface area contributed by atoms with E-state index in [1.54, 1.807) is 12.1 Å². The summed E-state index contributed by atoms with van der Waals surface area (Å²) in [4.78, 5) is 25.5. The molecule has 4 aromatic rings. The Morgan fingerprint density at radius 1 is 0.853 bits per heavy atom. The first-order chi connectivity index (χ1) is 16.2. The third-order valence-electron chi connectivity index (χ3n) is 5.02. The van der Waals surface area contributed by atoms with Gasteiger partial charge < -0.3 is 18.6 Å². The number of ether oxygens (including phenoxy) is 3. The summed E-state index contributed by atoms with van der Waals surface area (Å²) >= 11 is 0. The topological polar surface area (TPSA) is 75.0 Å². The van der Waals surface area contributed by atoms with Gasteiger partial charge in [0.25, 0.3) is 0 Å². The first-order valence-corrected chi connectivity index (χ1v) is 9.90. The standard InChI is InChI=1S/C25H17F3O6/c1-31-16-8-6-14(7-9-16)21-22(29)19-11-10-18(13-20(19)34-23(21)25(26,27)28)33-24(30)15-4-3-5-17(12-15)32-2/h3-13H,1-2H3. The molecule has 0 unspecified atom stereocenters. The second kappa shape index (κ2) is 8.93. The highest BCUT2D eigenvalue weighted by Crippen LogP contribution is 2.38. The molecule has 0 saturated heterocycles. The van der Waals surface area contributed by atoms with Crippen LogP contribution in [0.2, 0.25) is 0 Å². The van der Waals surface area contributed by atoms with Gasteiger partial charge in [0.15, 0.2) is 0 Å². The van der Waals surface area contributed by atoms with Crippen molar-refractivity contribution in [1.82, 2.24) is 0 Å². The second-order valence-electron chi connectivity index (χ2n) is 7.14. The van der Waals surface area contributed by atoms with Gasteiger partial charge in [-0.1, -0.05) is 18.2 Å². The molecule has 0 fully saturated rings. The Morgan fingerprint density at radius 3 is 2.18 bits per heavy atom. The van der Waals surface area contributed by atoms with Gasteiger partial charge in [0.1, 0.15) is 22.8 Å². The molecule has 0 aliphatic rings. The van der Waals surface area contributed by atoms with Crippen LogP contribution in [0.15, 0.2) is 75.9 Å². The summed E-state index contributed by atoms with van der Waals surface area (Å²) in [5, 5.41) is -0.0972. The Kier molecular flexibility index (Phi) is 6.02. The molecule has 0 saturated carbocycles. The maximum atomic E-state index is 13.8. The highest BCUT2D eigenvalue weighted by molar-refractivity contribution is 5.92. The van der Waals surface area contributed by atoms with E-state index in [9.17, 15) is 22.8 Å². The van der Waals surface area contributed by atoms with Crippen molar-refractivity contribution in [2.45, 2.75) is 6.18 Å². The Bertz CT molecular complexity index is 1420. The summed E-state index contributed by atoms with van der Waals surface area (Å²) in [6, 6.07) is 15.4. The van der Waals surface area contributed by atoms with E-state index in [1.165, 1.54) is 62.8 Å². The average Bonchev–Trinajstić information content (AvgIpc) is 2.83. The normalized spacial score (nSPS) is 11.3. The molecule has 174 valence electrons. The number of benzene rings is 3. The molecule has 1 heterocycles. The highest BCUT2D eigenvalue weighted by atomic mass is 19.4. The van der Waals surface area contributed by atoms with Gasteiger partial charge in [0.05, 0.1) is 30.7 Å². The Labute approximate surface area is 191 Å². The zero-order valence-corrected chi connectivity index (χ0v) is 17.9. The number of esters is 1. The average molecular weight is 470 g/mol. The molecular weight excluding hydrogens is 453 g/mol. The molecule has 0 aliphatic heterocycles. The zero-order chi connectivity index (χ0) is 24.5. The number of fused-ring (bicyclic) bond motifs is 1. The minimum atomic E-state index is -4.95. The van der Waals surface area contributed by atoms with Crippen LogP contribution in [0.3, 0.4) is 0 Å². The third kappa shape index (κ3) is 4.45. The monoisotopic (exact) mass is 470 g/mol. The summed E-state index contributed by atoms with van der Waals surface area (Å²) in [6.45, 7) is 0. The Morgan fingerprint density at radius 2 is 1.53 bits per heavy atom. The molecule has 9 heteroatoms. The first kappa shape index (κ1) is 22.9. The van der Waals surface area contributed by atoms with Crippen LogP contribution in [0, 0.1) is 0 Å². The fraction of sp³-hybridized carbons (Fsp3) is 0.120. The van der Waals surface area contributed by atoms with E-state index in [0.717, 1.165) is 6.07 Å². The van der Waals surface area contributed by atoms with E-state index >= 15 is 0 Å². The molecule has 6 nitrogen and oxygen atoms in total. The number of carbonyl (C=O) groups excluding carboxylic acids is 1. The number of hydrogen-bond acceptors (Lipinski definition) is 6. The summed E-state index contributed by atoms with van der Waals surface area (Å²) in [5.74, 6) is -1.45. The molecule has 0 atom stereocenters. The molecule has 0 radical (unpaired) electrons. The van der Waals surface area contributed by atoms with Crippen molar-refractivity contribution >= 4 is 16.9 Å². The highest BCUT2D eigenvalue weighted by Gasteiger charge is 2.39. The quantitative estimate of drug-likeness (QED) is 0.275. The number of halogens is 3. The minimum absolute atomic E-state index is 0.0253. The van der Waals surface area contributed by atoms with Crippen LogP contribution < -0.4 is 19.6 Å². The number of alkyl halides is 3. The number of carbonyl (C=O) groups is 1. The van der Waals surface area contributed by atoms with Gasteiger partial charge >= 0.3 is 12.1 Å².